The molecule has 1 aromatic heterocycles. The highest BCUT2D eigenvalue weighted by Gasteiger charge is 2.28. The molecule has 1 aliphatic heterocycles. The summed E-state index contributed by atoms with van der Waals surface area (Å²) < 4.78 is 0. The zero-order chi connectivity index (χ0) is 14.7. The normalized spacial score (nSPS) is 19.6. The fourth-order valence-electron chi connectivity index (χ4n) is 3.25. The summed E-state index contributed by atoms with van der Waals surface area (Å²) in [5, 5.41) is 11.4. The Morgan fingerprint density at radius 1 is 1.24 bits per heavy atom. The molecule has 2 aliphatic rings. The molecule has 21 heavy (non-hydrogen) atoms. The Hall–Kier alpha value is -1.65. The average Bonchev–Trinajstić information content (AvgIpc) is 2.91. The average molecular weight is 288 g/mol. The van der Waals surface area contributed by atoms with Gasteiger partial charge in [-0.1, -0.05) is 12.8 Å². The van der Waals surface area contributed by atoms with Gasteiger partial charge in [0.25, 0.3) is 0 Å². The second kappa shape index (κ2) is 6.41. The van der Waals surface area contributed by atoms with Crippen LogP contribution in [0.15, 0.2) is 12.1 Å². The molecule has 5 nitrogen and oxygen atoms in total. The van der Waals surface area contributed by atoms with Gasteiger partial charge in [0.1, 0.15) is 0 Å². The molecule has 114 valence electrons. The number of hydrogen-bond acceptors (Lipinski definition) is 4. The van der Waals surface area contributed by atoms with Gasteiger partial charge in [-0.05, 0) is 37.8 Å². The van der Waals surface area contributed by atoms with Gasteiger partial charge in [0.2, 0.25) is 5.91 Å². The smallest absolute Gasteiger partial charge is 0.220 e. The Balaban J connectivity index is 1.35. The first-order chi connectivity index (χ1) is 10.2. The maximum Gasteiger partial charge on any atom is 0.220 e. The van der Waals surface area contributed by atoms with E-state index in [0.717, 1.165) is 37.6 Å². The summed E-state index contributed by atoms with van der Waals surface area (Å²) in [4.78, 5) is 14.1. The molecule has 1 amide bonds. The maximum absolute atomic E-state index is 11.9. The molecule has 3 rings (SSSR count). The summed E-state index contributed by atoms with van der Waals surface area (Å²) in [6, 6.07) is 4.00. The van der Waals surface area contributed by atoms with E-state index in [0.29, 0.717) is 11.8 Å². The van der Waals surface area contributed by atoms with E-state index in [1.165, 1.54) is 25.7 Å². The van der Waals surface area contributed by atoms with Crippen LogP contribution in [0.2, 0.25) is 0 Å². The highest BCUT2D eigenvalue weighted by molar-refractivity contribution is 5.76. The van der Waals surface area contributed by atoms with Gasteiger partial charge in [0.05, 0.1) is 5.69 Å². The van der Waals surface area contributed by atoms with Gasteiger partial charge in [0, 0.05) is 32.0 Å². The van der Waals surface area contributed by atoms with E-state index in [1.54, 1.807) is 0 Å². The van der Waals surface area contributed by atoms with Gasteiger partial charge in [-0.2, -0.15) is 5.10 Å². The molecule has 0 bridgehead atoms. The maximum atomic E-state index is 11.9. The van der Waals surface area contributed by atoms with Gasteiger partial charge in [-0.3, -0.25) is 4.79 Å². The fraction of sp³-hybridized carbons (Fsp3) is 0.688. The van der Waals surface area contributed by atoms with E-state index in [9.17, 15) is 4.79 Å². The molecule has 1 N–H and O–H groups in total. The Labute approximate surface area is 126 Å². The number of hydrogen-bond donors (Lipinski definition) is 1. The number of amides is 1. The van der Waals surface area contributed by atoms with Crippen LogP contribution in [0.1, 0.15) is 37.8 Å². The van der Waals surface area contributed by atoms with E-state index in [-0.39, 0.29) is 5.91 Å². The molecule has 0 aromatic carbocycles. The number of aryl methyl sites for hydroxylation is 1. The molecule has 2 fully saturated rings. The summed E-state index contributed by atoms with van der Waals surface area (Å²) in [5.41, 5.74) is 0.940. The summed E-state index contributed by atoms with van der Waals surface area (Å²) >= 11 is 0. The predicted molar refractivity (Wildman–Crippen MR) is 82.1 cm³/mol. The SMILES string of the molecule is Cc1ccc(N2CC(CNC(=O)CC3CCCC3)C2)nn1. The number of carbonyl (C=O) groups is 1. The second-order valence-corrected chi connectivity index (χ2v) is 6.46. The zero-order valence-electron chi connectivity index (χ0n) is 12.7. The molecule has 1 saturated heterocycles. The van der Waals surface area contributed by atoms with E-state index < -0.39 is 0 Å². The van der Waals surface area contributed by atoms with Gasteiger partial charge in [-0.15, -0.1) is 5.10 Å². The highest BCUT2D eigenvalue weighted by atomic mass is 16.1. The third-order valence-corrected chi connectivity index (χ3v) is 4.60. The third kappa shape index (κ3) is 3.71. The van der Waals surface area contributed by atoms with Crippen LogP contribution in [-0.2, 0) is 4.79 Å². The van der Waals surface area contributed by atoms with Crippen LogP contribution in [0.3, 0.4) is 0 Å². The highest BCUT2D eigenvalue weighted by Crippen LogP contribution is 2.27. The number of aromatic nitrogens is 2. The Kier molecular flexibility index (Phi) is 4.36. The lowest BCUT2D eigenvalue weighted by molar-refractivity contribution is -0.122. The van der Waals surface area contributed by atoms with E-state index in [2.05, 4.69) is 20.4 Å². The van der Waals surface area contributed by atoms with Gasteiger partial charge >= 0.3 is 0 Å². The van der Waals surface area contributed by atoms with Gasteiger partial charge < -0.3 is 10.2 Å². The number of nitrogens with one attached hydrogen (secondary N) is 1. The molecule has 2 heterocycles. The molecular formula is C16H24N4O. The van der Waals surface area contributed by atoms with Crippen molar-refractivity contribution in [3.05, 3.63) is 17.8 Å². The van der Waals surface area contributed by atoms with Crippen LogP contribution in [0.4, 0.5) is 5.82 Å². The van der Waals surface area contributed by atoms with Crippen LogP contribution in [0.5, 0.6) is 0 Å². The molecule has 1 saturated carbocycles. The summed E-state index contributed by atoms with van der Waals surface area (Å²) in [6.07, 6.45) is 5.79. The number of rotatable bonds is 5. The minimum Gasteiger partial charge on any atom is -0.356 e. The Morgan fingerprint density at radius 3 is 2.67 bits per heavy atom. The fourth-order valence-corrected chi connectivity index (χ4v) is 3.25. The van der Waals surface area contributed by atoms with Crippen LogP contribution < -0.4 is 10.2 Å². The number of anilines is 1. The predicted octanol–water partition coefficient (Wildman–Crippen LogP) is 1.92. The lowest BCUT2D eigenvalue weighted by Crippen LogP contribution is -2.52. The molecule has 0 unspecified atom stereocenters. The molecule has 0 spiro atoms. The van der Waals surface area contributed by atoms with Crippen molar-refractivity contribution in [3.8, 4) is 0 Å². The lowest BCUT2D eigenvalue weighted by Gasteiger charge is -2.39. The molecule has 5 heteroatoms. The van der Waals surface area contributed by atoms with Crippen LogP contribution in [0.25, 0.3) is 0 Å². The van der Waals surface area contributed by atoms with E-state index >= 15 is 0 Å². The Bertz CT molecular complexity index is 476. The third-order valence-electron chi connectivity index (χ3n) is 4.60. The van der Waals surface area contributed by atoms with Crippen LogP contribution in [-0.4, -0.2) is 35.7 Å². The first-order valence-corrected chi connectivity index (χ1v) is 8.02. The van der Waals surface area contributed by atoms with E-state index in [4.69, 9.17) is 0 Å². The molecule has 0 radical (unpaired) electrons. The first kappa shape index (κ1) is 14.3. The Morgan fingerprint density at radius 2 is 2.00 bits per heavy atom. The van der Waals surface area contributed by atoms with E-state index in [1.807, 2.05) is 19.1 Å². The van der Waals surface area contributed by atoms with Crippen molar-refractivity contribution in [1.82, 2.24) is 15.5 Å². The van der Waals surface area contributed by atoms with Crippen molar-refractivity contribution in [2.75, 3.05) is 24.5 Å². The minimum absolute atomic E-state index is 0.232. The van der Waals surface area contributed by atoms with Crippen molar-refractivity contribution < 1.29 is 4.79 Å². The van der Waals surface area contributed by atoms with Gasteiger partial charge in [-0.25, -0.2) is 0 Å². The molecular weight excluding hydrogens is 264 g/mol. The van der Waals surface area contributed by atoms with Crippen LogP contribution in [0, 0.1) is 18.8 Å². The largest absolute Gasteiger partial charge is 0.356 e. The molecule has 1 aromatic rings. The number of carbonyl (C=O) groups excluding carboxylic acids is 1. The topological polar surface area (TPSA) is 58.1 Å². The van der Waals surface area contributed by atoms with Crippen molar-refractivity contribution in [2.24, 2.45) is 11.8 Å². The van der Waals surface area contributed by atoms with Crippen molar-refractivity contribution in [1.29, 1.82) is 0 Å². The zero-order valence-corrected chi connectivity index (χ0v) is 12.7. The summed E-state index contributed by atoms with van der Waals surface area (Å²) in [5.74, 6) is 2.34. The van der Waals surface area contributed by atoms with Gasteiger partial charge in [0.15, 0.2) is 5.82 Å². The standard InChI is InChI=1S/C16H24N4O/c1-12-6-7-15(19-18-12)20-10-14(11-20)9-17-16(21)8-13-4-2-3-5-13/h6-7,13-14H,2-5,8-11H2,1H3,(H,17,21). The molecule has 0 atom stereocenters. The van der Waals surface area contributed by atoms with Crippen LogP contribution >= 0.6 is 0 Å². The quantitative estimate of drug-likeness (QED) is 0.899. The van der Waals surface area contributed by atoms with Crippen molar-refractivity contribution >= 4 is 11.7 Å². The second-order valence-electron chi connectivity index (χ2n) is 6.46. The summed E-state index contributed by atoms with van der Waals surface area (Å²) in [7, 11) is 0. The lowest BCUT2D eigenvalue weighted by atomic mass is 9.99. The first-order valence-electron chi connectivity index (χ1n) is 8.02. The van der Waals surface area contributed by atoms with Crippen molar-refractivity contribution in [2.45, 2.75) is 39.0 Å². The number of nitrogens with zero attached hydrogens (tertiary/aromatic N) is 3. The monoisotopic (exact) mass is 288 g/mol. The summed E-state index contributed by atoms with van der Waals surface area (Å²) in [6.45, 7) is 4.65. The molecule has 1 aliphatic carbocycles. The van der Waals surface area contributed by atoms with Crippen molar-refractivity contribution in [3.63, 3.8) is 0 Å². The minimum atomic E-state index is 0.232.